The molecule has 50 heavy (non-hydrogen) atoms. The Labute approximate surface area is 292 Å². The molecule has 4 heteroatoms. The van der Waals surface area contributed by atoms with Crippen molar-refractivity contribution in [1.82, 2.24) is 4.57 Å². The fourth-order valence-corrected chi connectivity index (χ4v) is 9.25. The summed E-state index contributed by atoms with van der Waals surface area (Å²) in [6, 6.07) is 59.0. The zero-order valence-corrected chi connectivity index (χ0v) is 27.7. The van der Waals surface area contributed by atoms with Gasteiger partial charge in [0, 0.05) is 42.7 Å². The second kappa shape index (κ2) is 10.6. The molecular weight excluding hydrogens is 627 g/mol. The normalized spacial score (nSPS) is 14.5. The van der Waals surface area contributed by atoms with Gasteiger partial charge in [-0.2, -0.15) is 0 Å². The highest BCUT2D eigenvalue weighted by atomic mass is 32.1. The van der Waals surface area contributed by atoms with Crippen LogP contribution in [0.3, 0.4) is 0 Å². The molecule has 0 radical (unpaired) electrons. The van der Waals surface area contributed by atoms with Crippen molar-refractivity contribution in [3.05, 3.63) is 186 Å². The molecule has 0 spiro atoms. The van der Waals surface area contributed by atoms with Crippen LogP contribution in [-0.4, -0.2) is 10.4 Å². The second-order valence-electron chi connectivity index (χ2n) is 13.1. The van der Waals surface area contributed by atoms with Gasteiger partial charge in [0.1, 0.15) is 0 Å². The monoisotopic (exact) mass is 654 g/mol. The van der Waals surface area contributed by atoms with Crippen molar-refractivity contribution in [3.63, 3.8) is 0 Å². The number of rotatable bonds is 3. The van der Waals surface area contributed by atoms with E-state index in [1.54, 1.807) is 0 Å². The molecule has 0 amide bonds. The van der Waals surface area contributed by atoms with Crippen LogP contribution in [0.5, 0.6) is 0 Å². The topological polar surface area (TPSA) is 31.4 Å². The average Bonchev–Trinajstić information content (AvgIpc) is 3.74. The molecule has 3 nitrogen and oxygen atoms in total. The lowest BCUT2D eigenvalue weighted by Crippen LogP contribution is -2.12. The van der Waals surface area contributed by atoms with Crippen molar-refractivity contribution in [2.75, 3.05) is 0 Å². The number of hydrogen-bond donors (Lipinski definition) is 0. The molecule has 0 bridgehead atoms. The van der Waals surface area contributed by atoms with Gasteiger partial charge in [-0.05, 0) is 80.3 Å². The van der Waals surface area contributed by atoms with Crippen LogP contribution in [0.2, 0.25) is 0 Å². The maximum atomic E-state index is 5.20. The Kier molecular flexibility index (Phi) is 5.89. The number of fused-ring (bicyclic) bond motifs is 12. The van der Waals surface area contributed by atoms with Crippen LogP contribution in [0.4, 0.5) is 5.69 Å². The van der Waals surface area contributed by atoms with Gasteiger partial charge in [0.15, 0.2) is 0 Å². The van der Waals surface area contributed by atoms with E-state index in [1.807, 2.05) is 11.3 Å². The van der Waals surface area contributed by atoms with Crippen LogP contribution in [0.1, 0.15) is 22.7 Å². The highest BCUT2D eigenvalue weighted by Gasteiger charge is 2.19. The summed E-state index contributed by atoms with van der Waals surface area (Å²) in [6.45, 7) is 0. The zero-order chi connectivity index (χ0) is 32.8. The zero-order valence-electron chi connectivity index (χ0n) is 26.9. The van der Waals surface area contributed by atoms with E-state index >= 15 is 0 Å². The molecule has 1 unspecified atom stereocenters. The number of aromatic nitrogens is 1. The Bertz CT molecular complexity index is 3000. The van der Waals surface area contributed by atoms with E-state index in [0.717, 1.165) is 28.3 Å². The van der Waals surface area contributed by atoms with E-state index in [2.05, 4.69) is 168 Å². The molecule has 1 aliphatic rings. The molecule has 11 rings (SSSR count). The summed E-state index contributed by atoms with van der Waals surface area (Å²) in [5.41, 5.74) is 7.80. The number of amidine groups is 1. The van der Waals surface area contributed by atoms with Gasteiger partial charge in [0.2, 0.25) is 0 Å². The van der Waals surface area contributed by atoms with Gasteiger partial charge in [-0.1, -0.05) is 133 Å². The van der Waals surface area contributed by atoms with Gasteiger partial charge in [-0.3, -0.25) is 0 Å². The molecule has 1 aliphatic heterocycles. The minimum absolute atomic E-state index is 0.0884. The first kappa shape index (κ1) is 27.7. The Balaban J connectivity index is 1.09. The first-order valence-electron chi connectivity index (χ1n) is 17.0. The van der Waals surface area contributed by atoms with E-state index in [0.29, 0.717) is 0 Å². The Morgan fingerprint density at radius 2 is 1.22 bits per heavy atom. The Hall–Kier alpha value is -6.23. The predicted molar refractivity (Wildman–Crippen MR) is 213 cm³/mol. The fourth-order valence-electron chi connectivity index (χ4n) is 8.13. The van der Waals surface area contributed by atoms with E-state index in [9.17, 15) is 0 Å². The Morgan fingerprint density at radius 3 is 2.12 bits per heavy atom. The fraction of sp³-hybridized carbons (Fsp3) is 0.0217. The van der Waals surface area contributed by atoms with Gasteiger partial charge in [0.05, 0.1) is 11.0 Å². The largest absolute Gasteiger partial charge is 0.453 e. The summed E-state index contributed by atoms with van der Waals surface area (Å²) < 4.78 is 5.07. The highest BCUT2D eigenvalue weighted by molar-refractivity contribution is 7.26. The average molecular weight is 655 g/mol. The van der Waals surface area contributed by atoms with Crippen molar-refractivity contribution < 1.29 is 0 Å². The summed E-state index contributed by atoms with van der Waals surface area (Å²) in [5.74, 6) is 0.761. The molecular formula is C46H28N3S-. The third kappa shape index (κ3) is 4.00. The molecule has 234 valence electrons. The number of benzene rings is 8. The number of aliphatic imine (C=N–C) groups is 1. The molecule has 1 atom stereocenters. The number of hydrogen-bond acceptors (Lipinski definition) is 2. The summed E-state index contributed by atoms with van der Waals surface area (Å²) >= 11 is 1.88. The highest BCUT2D eigenvalue weighted by Crippen LogP contribution is 2.45. The van der Waals surface area contributed by atoms with Crippen LogP contribution in [-0.2, 0) is 0 Å². The SMILES string of the molecule is c1ccc(C2[N-]C(c3ccc(-n4c5ccccc5c5c6ccc7ccc8sc9ccccc9c8c7c6ccc54)cc3)=Nc3ccccc32)cc1. The molecule has 0 N–H and O–H groups in total. The molecule has 8 aromatic carbocycles. The molecule has 10 aromatic rings. The molecule has 0 saturated heterocycles. The van der Waals surface area contributed by atoms with E-state index in [4.69, 9.17) is 10.3 Å². The van der Waals surface area contributed by atoms with Gasteiger partial charge >= 0.3 is 0 Å². The lowest BCUT2D eigenvalue weighted by molar-refractivity contribution is 0.982. The third-order valence-corrected chi connectivity index (χ3v) is 11.5. The summed E-state index contributed by atoms with van der Waals surface area (Å²) in [7, 11) is 0. The van der Waals surface area contributed by atoms with Crippen LogP contribution in [0, 0.1) is 0 Å². The number of thiophene rings is 1. The van der Waals surface area contributed by atoms with Crippen molar-refractivity contribution in [1.29, 1.82) is 0 Å². The minimum Gasteiger partial charge on any atom is -0.453 e. The van der Waals surface area contributed by atoms with Crippen LogP contribution in [0.15, 0.2) is 169 Å². The summed E-state index contributed by atoms with van der Waals surface area (Å²) in [5, 5.41) is 15.6. The smallest absolute Gasteiger partial charge is 0.0547 e. The quantitative estimate of drug-likeness (QED) is 0.170. The van der Waals surface area contributed by atoms with E-state index < -0.39 is 0 Å². The maximum Gasteiger partial charge on any atom is 0.0547 e. The van der Waals surface area contributed by atoms with Gasteiger partial charge < -0.3 is 14.9 Å². The lowest BCUT2D eigenvalue weighted by Gasteiger charge is -2.36. The summed E-state index contributed by atoms with van der Waals surface area (Å²) in [6.07, 6.45) is 0. The van der Waals surface area contributed by atoms with Crippen LogP contribution in [0.25, 0.3) is 74.5 Å². The number of para-hydroxylation sites is 2. The first-order chi connectivity index (χ1) is 24.8. The standard InChI is InChI=1S/C46H28N3S/c1-2-10-29(11-3-1)45-34-12-4-7-15-37(34)47-46(48-45)30-18-22-31(23-19-30)49-38-16-8-5-13-35(38)43-33-24-20-28-21-27-41-44(36-14-6-9-17-40(36)50-41)42(28)32(33)25-26-39(43)49/h1-27,45H/q-1. The van der Waals surface area contributed by atoms with E-state index in [1.165, 1.54) is 69.1 Å². The lowest BCUT2D eigenvalue weighted by atomic mass is 9.95. The molecule has 0 fully saturated rings. The van der Waals surface area contributed by atoms with Gasteiger partial charge in [-0.25, -0.2) is 0 Å². The third-order valence-electron chi connectivity index (χ3n) is 10.4. The maximum absolute atomic E-state index is 5.20. The first-order valence-corrected chi connectivity index (χ1v) is 17.8. The number of nitrogens with zero attached hydrogens (tertiary/aromatic N) is 3. The van der Waals surface area contributed by atoms with Crippen LogP contribution >= 0.6 is 11.3 Å². The second-order valence-corrected chi connectivity index (χ2v) is 14.2. The Morgan fingerprint density at radius 1 is 0.500 bits per heavy atom. The molecule has 0 saturated carbocycles. The van der Waals surface area contributed by atoms with Gasteiger partial charge in [0.25, 0.3) is 0 Å². The van der Waals surface area contributed by atoms with Crippen molar-refractivity contribution in [2.45, 2.75) is 6.04 Å². The van der Waals surface area contributed by atoms with Crippen molar-refractivity contribution in [2.24, 2.45) is 4.99 Å². The van der Waals surface area contributed by atoms with Crippen molar-refractivity contribution >= 4 is 86.4 Å². The van der Waals surface area contributed by atoms with Crippen molar-refractivity contribution in [3.8, 4) is 5.69 Å². The van der Waals surface area contributed by atoms with E-state index in [-0.39, 0.29) is 6.04 Å². The molecule has 0 aliphatic carbocycles. The minimum atomic E-state index is -0.0884. The van der Waals surface area contributed by atoms with Crippen LogP contribution < -0.4 is 0 Å². The summed E-state index contributed by atoms with van der Waals surface area (Å²) in [4.78, 5) is 5.02. The molecule has 3 heterocycles. The predicted octanol–water partition coefficient (Wildman–Crippen LogP) is 13.0. The molecule has 2 aromatic heterocycles. The van der Waals surface area contributed by atoms with Gasteiger partial charge in [-0.15, -0.1) is 11.3 Å².